The maximum Gasteiger partial charge on any atom is 0.305 e. The molecule has 0 atom stereocenters. The van der Waals surface area contributed by atoms with Crippen LogP contribution in [0.15, 0.2) is 36.4 Å². The fraction of sp³-hybridized carbons (Fsp3) is 0. The van der Waals surface area contributed by atoms with Gasteiger partial charge in [-0.25, -0.2) is 0 Å². The van der Waals surface area contributed by atoms with Crippen molar-refractivity contribution >= 4 is 11.4 Å². The Morgan fingerprint density at radius 2 is 2.05 bits per heavy atom. The molecule has 0 aliphatic heterocycles. The van der Waals surface area contributed by atoms with E-state index in [0.29, 0.717) is 11.4 Å². The summed E-state index contributed by atoms with van der Waals surface area (Å²) in [7, 11) is 0. The Hall–Kier alpha value is -3.14. The summed E-state index contributed by atoms with van der Waals surface area (Å²) >= 11 is 0. The first-order chi connectivity index (χ1) is 9.11. The van der Waals surface area contributed by atoms with E-state index in [4.69, 9.17) is 15.7 Å². The van der Waals surface area contributed by atoms with Crippen LogP contribution < -0.4 is 10.5 Å². The summed E-state index contributed by atoms with van der Waals surface area (Å²) in [5.41, 5.74) is 5.42. The highest BCUT2D eigenvalue weighted by Gasteiger charge is 2.16. The molecule has 0 saturated carbocycles. The van der Waals surface area contributed by atoms with E-state index in [0.717, 1.165) is 0 Å². The fourth-order valence-electron chi connectivity index (χ4n) is 1.41. The molecule has 2 rings (SSSR count). The molecule has 7 heteroatoms. The van der Waals surface area contributed by atoms with E-state index >= 15 is 0 Å². The number of pyridine rings is 1. The largest absolute Gasteiger partial charge is 0.437 e. The van der Waals surface area contributed by atoms with Crippen LogP contribution in [0.3, 0.4) is 0 Å². The number of nitrogens with two attached hydrogens (primary N) is 1. The van der Waals surface area contributed by atoms with Gasteiger partial charge in [0.25, 0.3) is 0 Å². The number of hydrogen-bond donors (Lipinski definition) is 1. The molecular formula is C12H8N4O3. The smallest absolute Gasteiger partial charge is 0.305 e. The SMILES string of the molecule is N#Cc1nc(Oc2ccccc2N)ccc1[N+](=O)[O-]. The number of nitrogen functional groups attached to an aromatic ring is 1. The predicted molar refractivity (Wildman–Crippen MR) is 66.5 cm³/mol. The Labute approximate surface area is 108 Å². The second kappa shape index (κ2) is 5.01. The zero-order chi connectivity index (χ0) is 13.8. The number of nitrogens with zero attached hydrogens (tertiary/aromatic N) is 3. The van der Waals surface area contributed by atoms with Crippen LogP contribution in [-0.4, -0.2) is 9.91 Å². The highest BCUT2D eigenvalue weighted by atomic mass is 16.6. The van der Waals surface area contributed by atoms with Crippen LogP contribution in [0.2, 0.25) is 0 Å². The molecule has 2 aromatic rings. The minimum atomic E-state index is -0.674. The van der Waals surface area contributed by atoms with Crippen LogP contribution in [0.5, 0.6) is 11.6 Å². The van der Waals surface area contributed by atoms with Gasteiger partial charge in [0, 0.05) is 12.1 Å². The Morgan fingerprint density at radius 1 is 1.32 bits per heavy atom. The van der Waals surface area contributed by atoms with E-state index in [2.05, 4.69) is 4.98 Å². The van der Waals surface area contributed by atoms with Gasteiger partial charge >= 0.3 is 5.69 Å². The van der Waals surface area contributed by atoms with Crippen LogP contribution in [0.25, 0.3) is 0 Å². The molecule has 0 fully saturated rings. The monoisotopic (exact) mass is 256 g/mol. The van der Waals surface area contributed by atoms with Gasteiger partial charge in [0.1, 0.15) is 6.07 Å². The van der Waals surface area contributed by atoms with E-state index in [-0.39, 0.29) is 17.3 Å². The molecule has 0 radical (unpaired) electrons. The predicted octanol–water partition coefficient (Wildman–Crippen LogP) is 2.24. The van der Waals surface area contributed by atoms with Crippen molar-refractivity contribution < 1.29 is 9.66 Å². The van der Waals surface area contributed by atoms with E-state index in [1.165, 1.54) is 12.1 Å². The molecule has 19 heavy (non-hydrogen) atoms. The van der Waals surface area contributed by atoms with Gasteiger partial charge in [-0.1, -0.05) is 12.1 Å². The first-order valence-corrected chi connectivity index (χ1v) is 5.19. The summed E-state index contributed by atoms with van der Waals surface area (Å²) in [5.74, 6) is 0.438. The maximum atomic E-state index is 10.7. The van der Waals surface area contributed by atoms with Gasteiger partial charge in [0.05, 0.1) is 10.6 Å². The third kappa shape index (κ3) is 2.58. The number of para-hydroxylation sites is 2. The first-order valence-electron chi connectivity index (χ1n) is 5.19. The standard InChI is InChI=1S/C12H8N4O3/c13-7-9-10(16(17)18)5-6-12(15-9)19-11-4-2-1-3-8(11)14/h1-6H,14H2. The molecule has 94 valence electrons. The summed E-state index contributed by atoms with van der Waals surface area (Å²) in [6.07, 6.45) is 0. The van der Waals surface area contributed by atoms with Crippen LogP contribution in [0, 0.1) is 21.4 Å². The lowest BCUT2D eigenvalue weighted by atomic mass is 10.3. The first kappa shape index (κ1) is 12.3. The number of anilines is 1. The van der Waals surface area contributed by atoms with Gasteiger partial charge in [0.15, 0.2) is 5.75 Å². The van der Waals surface area contributed by atoms with E-state index < -0.39 is 4.92 Å². The lowest BCUT2D eigenvalue weighted by molar-refractivity contribution is -0.385. The Balaban J connectivity index is 2.36. The lowest BCUT2D eigenvalue weighted by Gasteiger charge is -2.07. The van der Waals surface area contributed by atoms with Crippen molar-refractivity contribution in [2.75, 3.05) is 5.73 Å². The summed E-state index contributed by atoms with van der Waals surface area (Å²) in [5, 5.41) is 19.5. The zero-order valence-electron chi connectivity index (χ0n) is 9.61. The molecule has 0 spiro atoms. The van der Waals surface area contributed by atoms with Gasteiger partial charge in [-0.05, 0) is 12.1 Å². The highest BCUT2D eigenvalue weighted by molar-refractivity contribution is 5.53. The van der Waals surface area contributed by atoms with Crippen LogP contribution in [-0.2, 0) is 0 Å². The number of rotatable bonds is 3. The average Bonchev–Trinajstić information content (AvgIpc) is 2.41. The van der Waals surface area contributed by atoms with Crippen molar-refractivity contribution in [3.8, 4) is 17.7 Å². The molecule has 0 bridgehead atoms. The molecule has 0 saturated heterocycles. The number of hydrogen-bond acceptors (Lipinski definition) is 6. The van der Waals surface area contributed by atoms with Crippen LogP contribution in [0.4, 0.5) is 11.4 Å². The second-order valence-corrected chi connectivity index (χ2v) is 3.53. The summed E-state index contributed by atoms with van der Waals surface area (Å²) in [6.45, 7) is 0. The van der Waals surface area contributed by atoms with Crippen molar-refractivity contribution in [2.45, 2.75) is 0 Å². The Morgan fingerprint density at radius 3 is 2.68 bits per heavy atom. The molecule has 0 unspecified atom stereocenters. The molecule has 7 nitrogen and oxygen atoms in total. The Kier molecular flexibility index (Phi) is 3.25. The molecule has 1 heterocycles. The molecule has 1 aromatic heterocycles. The molecular weight excluding hydrogens is 248 g/mol. The molecule has 0 amide bonds. The number of aromatic nitrogens is 1. The Bertz CT molecular complexity index is 679. The van der Waals surface area contributed by atoms with Crippen molar-refractivity contribution in [1.82, 2.24) is 4.98 Å². The third-order valence-corrected chi connectivity index (χ3v) is 2.28. The van der Waals surface area contributed by atoms with Crippen molar-refractivity contribution in [3.63, 3.8) is 0 Å². The topological polar surface area (TPSA) is 115 Å². The summed E-state index contributed by atoms with van der Waals surface area (Å²) < 4.78 is 5.38. The van der Waals surface area contributed by atoms with Crippen molar-refractivity contribution in [1.29, 1.82) is 5.26 Å². The second-order valence-electron chi connectivity index (χ2n) is 3.53. The molecule has 0 aliphatic rings. The molecule has 1 aromatic carbocycles. The van der Waals surface area contributed by atoms with Gasteiger partial charge in [-0.15, -0.1) is 0 Å². The summed E-state index contributed by atoms with van der Waals surface area (Å²) in [6, 6.07) is 10.9. The normalized spacial score (nSPS) is 9.63. The number of nitriles is 1. The van der Waals surface area contributed by atoms with Crippen LogP contribution in [0.1, 0.15) is 5.69 Å². The third-order valence-electron chi connectivity index (χ3n) is 2.28. The van der Waals surface area contributed by atoms with Crippen molar-refractivity contribution in [2.24, 2.45) is 0 Å². The number of benzene rings is 1. The molecule has 2 N–H and O–H groups in total. The minimum absolute atomic E-state index is 0.0695. The highest BCUT2D eigenvalue weighted by Crippen LogP contribution is 2.27. The van der Waals surface area contributed by atoms with Gasteiger partial charge in [-0.2, -0.15) is 10.2 Å². The van der Waals surface area contributed by atoms with Gasteiger partial charge < -0.3 is 10.5 Å². The van der Waals surface area contributed by atoms with E-state index in [1.807, 2.05) is 0 Å². The van der Waals surface area contributed by atoms with Gasteiger partial charge in [0.2, 0.25) is 11.6 Å². The fourth-order valence-corrected chi connectivity index (χ4v) is 1.41. The average molecular weight is 256 g/mol. The lowest BCUT2D eigenvalue weighted by Crippen LogP contribution is -1.98. The summed E-state index contributed by atoms with van der Waals surface area (Å²) in [4.78, 5) is 13.8. The number of nitro groups is 1. The van der Waals surface area contributed by atoms with E-state index in [9.17, 15) is 10.1 Å². The quantitative estimate of drug-likeness (QED) is 0.511. The van der Waals surface area contributed by atoms with Crippen molar-refractivity contribution in [3.05, 3.63) is 52.2 Å². The maximum absolute atomic E-state index is 10.7. The van der Waals surface area contributed by atoms with E-state index in [1.54, 1.807) is 30.3 Å². The zero-order valence-corrected chi connectivity index (χ0v) is 9.61. The minimum Gasteiger partial charge on any atom is -0.437 e. The van der Waals surface area contributed by atoms with Crippen LogP contribution >= 0.6 is 0 Å². The van der Waals surface area contributed by atoms with Gasteiger partial charge in [-0.3, -0.25) is 10.1 Å². The molecule has 0 aliphatic carbocycles. The number of ether oxygens (including phenoxy) is 1.